The summed E-state index contributed by atoms with van der Waals surface area (Å²) in [7, 11) is 0. The molecule has 14 heavy (non-hydrogen) atoms. The van der Waals surface area contributed by atoms with Gasteiger partial charge in [0.25, 0.3) is 0 Å². The highest BCUT2D eigenvalue weighted by Gasteiger charge is 2.21. The summed E-state index contributed by atoms with van der Waals surface area (Å²) < 4.78 is 1.06. The molecule has 0 bridgehead atoms. The Labute approximate surface area is 98.1 Å². The van der Waals surface area contributed by atoms with Gasteiger partial charge in [-0.1, -0.05) is 26.0 Å². The summed E-state index contributed by atoms with van der Waals surface area (Å²) in [5.74, 6) is 0.0582. The standard InChI is InChI=1S/C11H15IO2/c1-7(2)10(13)11(14)8-4-3-5-9(12)6-8/h3-7,10-11,13-14H,1-2H3/t10-,11-/m1/s1. The van der Waals surface area contributed by atoms with Crippen LogP contribution in [0.1, 0.15) is 25.5 Å². The zero-order valence-corrected chi connectivity index (χ0v) is 10.5. The Morgan fingerprint density at radius 1 is 1.21 bits per heavy atom. The zero-order chi connectivity index (χ0) is 10.7. The van der Waals surface area contributed by atoms with Gasteiger partial charge in [0.05, 0.1) is 6.10 Å². The molecule has 2 N–H and O–H groups in total. The Morgan fingerprint density at radius 3 is 2.36 bits per heavy atom. The van der Waals surface area contributed by atoms with E-state index in [4.69, 9.17) is 0 Å². The van der Waals surface area contributed by atoms with Gasteiger partial charge in [-0.15, -0.1) is 0 Å². The van der Waals surface area contributed by atoms with Crippen molar-refractivity contribution in [1.82, 2.24) is 0 Å². The van der Waals surface area contributed by atoms with Crippen LogP contribution >= 0.6 is 22.6 Å². The first kappa shape index (κ1) is 11.9. The van der Waals surface area contributed by atoms with Crippen molar-refractivity contribution < 1.29 is 10.2 Å². The molecule has 2 atom stereocenters. The van der Waals surface area contributed by atoms with Gasteiger partial charge in [-0.2, -0.15) is 0 Å². The van der Waals surface area contributed by atoms with E-state index in [0.29, 0.717) is 0 Å². The van der Waals surface area contributed by atoms with Crippen LogP contribution in [0.3, 0.4) is 0 Å². The molecule has 0 aliphatic carbocycles. The van der Waals surface area contributed by atoms with Crippen molar-refractivity contribution in [3.63, 3.8) is 0 Å². The predicted octanol–water partition coefficient (Wildman–Crippen LogP) is 2.34. The van der Waals surface area contributed by atoms with Gasteiger partial charge in [0.2, 0.25) is 0 Å². The molecule has 0 aliphatic rings. The molecule has 0 fully saturated rings. The molecule has 1 rings (SSSR count). The quantitative estimate of drug-likeness (QED) is 0.842. The number of aliphatic hydroxyl groups is 2. The van der Waals surface area contributed by atoms with E-state index in [2.05, 4.69) is 22.6 Å². The molecule has 3 heteroatoms. The first-order valence-electron chi connectivity index (χ1n) is 4.64. The van der Waals surface area contributed by atoms with Crippen LogP contribution in [-0.4, -0.2) is 16.3 Å². The fourth-order valence-corrected chi connectivity index (χ4v) is 1.82. The minimum absolute atomic E-state index is 0.0582. The van der Waals surface area contributed by atoms with Gasteiger partial charge in [-0.3, -0.25) is 0 Å². The fraction of sp³-hybridized carbons (Fsp3) is 0.455. The number of aliphatic hydroxyl groups excluding tert-OH is 2. The number of hydrogen-bond acceptors (Lipinski definition) is 2. The number of halogens is 1. The molecule has 0 aliphatic heterocycles. The summed E-state index contributed by atoms with van der Waals surface area (Å²) in [4.78, 5) is 0. The molecular weight excluding hydrogens is 291 g/mol. The van der Waals surface area contributed by atoms with E-state index in [9.17, 15) is 10.2 Å². The molecule has 1 aromatic carbocycles. The van der Waals surface area contributed by atoms with Gasteiger partial charge in [0.15, 0.2) is 0 Å². The van der Waals surface area contributed by atoms with E-state index >= 15 is 0 Å². The highest BCUT2D eigenvalue weighted by Crippen LogP contribution is 2.22. The Balaban J connectivity index is 2.83. The molecule has 0 unspecified atom stereocenters. The highest BCUT2D eigenvalue weighted by molar-refractivity contribution is 14.1. The molecule has 0 spiro atoms. The van der Waals surface area contributed by atoms with E-state index in [1.807, 2.05) is 38.1 Å². The average molecular weight is 306 g/mol. The zero-order valence-electron chi connectivity index (χ0n) is 8.31. The van der Waals surface area contributed by atoms with Gasteiger partial charge < -0.3 is 10.2 Å². The maximum Gasteiger partial charge on any atom is 0.105 e. The van der Waals surface area contributed by atoms with E-state index in [1.54, 1.807) is 0 Å². The molecule has 0 saturated heterocycles. The lowest BCUT2D eigenvalue weighted by Crippen LogP contribution is -2.23. The summed E-state index contributed by atoms with van der Waals surface area (Å²) in [5.41, 5.74) is 0.776. The van der Waals surface area contributed by atoms with Gasteiger partial charge in [0.1, 0.15) is 6.10 Å². The van der Waals surface area contributed by atoms with Crippen molar-refractivity contribution in [2.45, 2.75) is 26.1 Å². The van der Waals surface area contributed by atoms with E-state index < -0.39 is 12.2 Å². The van der Waals surface area contributed by atoms with Crippen LogP contribution < -0.4 is 0 Å². The Bertz CT molecular complexity index is 299. The van der Waals surface area contributed by atoms with Crippen LogP contribution in [0.25, 0.3) is 0 Å². The van der Waals surface area contributed by atoms with Gasteiger partial charge in [0, 0.05) is 3.57 Å². The normalized spacial score (nSPS) is 15.6. The molecule has 1 aromatic rings. The average Bonchev–Trinajstić information content (AvgIpc) is 2.15. The van der Waals surface area contributed by atoms with Crippen molar-refractivity contribution in [2.24, 2.45) is 5.92 Å². The monoisotopic (exact) mass is 306 g/mol. The van der Waals surface area contributed by atoms with Crippen molar-refractivity contribution in [1.29, 1.82) is 0 Å². The third-order valence-corrected chi connectivity index (χ3v) is 2.87. The predicted molar refractivity (Wildman–Crippen MR) is 65.0 cm³/mol. The molecule has 0 radical (unpaired) electrons. The summed E-state index contributed by atoms with van der Waals surface area (Å²) in [5, 5.41) is 19.5. The third kappa shape index (κ3) is 2.93. The Hall–Kier alpha value is -0.130. The second-order valence-corrected chi connectivity index (χ2v) is 4.98. The lowest BCUT2D eigenvalue weighted by atomic mass is 9.96. The summed E-state index contributed by atoms with van der Waals surface area (Å²) in [6.45, 7) is 3.78. The lowest BCUT2D eigenvalue weighted by molar-refractivity contribution is -0.00942. The summed E-state index contributed by atoms with van der Waals surface area (Å²) in [6, 6.07) is 7.56. The molecule has 0 aromatic heterocycles. The van der Waals surface area contributed by atoms with E-state index in [0.717, 1.165) is 9.13 Å². The Kier molecular flexibility index (Phi) is 4.34. The third-order valence-electron chi connectivity index (χ3n) is 2.20. The van der Waals surface area contributed by atoms with Gasteiger partial charge >= 0.3 is 0 Å². The van der Waals surface area contributed by atoms with Crippen molar-refractivity contribution in [3.05, 3.63) is 33.4 Å². The summed E-state index contributed by atoms with van der Waals surface area (Å²) in [6.07, 6.45) is -1.49. The van der Waals surface area contributed by atoms with Crippen LogP contribution in [0, 0.1) is 9.49 Å². The smallest absolute Gasteiger partial charge is 0.105 e. The maximum absolute atomic E-state index is 9.83. The van der Waals surface area contributed by atoms with E-state index in [1.165, 1.54) is 0 Å². The largest absolute Gasteiger partial charge is 0.390 e. The Morgan fingerprint density at radius 2 is 1.86 bits per heavy atom. The lowest BCUT2D eigenvalue weighted by Gasteiger charge is -2.21. The van der Waals surface area contributed by atoms with Crippen molar-refractivity contribution in [2.75, 3.05) is 0 Å². The molecule has 78 valence electrons. The van der Waals surface area contributed by atoms with Crippen molar-refractivity contribution >= 4 is 22.6 Å². The minimum Gasteiger partial charge on any atom is -0.390 e. The topological polar surface area (TPSA) is 40.5 Å². The molecular formula is C11H15IO2. The van der Waals surface area contributed by atoms with Crippen LogP contribution in [-0.2, 0) is 0 Å². The van der Waals surface area contributed by atoms with E-state index in [-0.39, 0.29) is 5.92 Å². The highest BCUT2D eigenvalue weighted by atomic mass is 127. The molecule has 0 saturated carbocycles. The van der Waals surface area contributed by atoms with Gasteiger partial charge in [-0.05, 0) is 46.2 Å². The second-order valence-electron chi connectivity index (χ2n) is 3.73. The SMILES string of the molecule is CC(C)[C@@H](O)[C@H](O)c1cccc(I)c1. The number of hydrogen-bond donors (Lipinski definition) is 2. The maximum atomic E-state index is 9.83. The van der Waals surface area contributed by atoms with Crippen LogP contribution in [0.5, 0.6) is 0 Å². The molecule has 0 amide bonds. The fourth-order valence-electron chi connectivity index (χ4n) is 1.25. The molecule has 0 heterocycles. The van der Waals surface area contributed by atoms with Crippen LogP contribution in [0.2, 0.25) is 0 Å². The van der Waals surface area contributed by atoms with Crippen molar-refractivity contribution in [3.8, 4) is 0 Å². The first-order valence-corrected chi connectivity index (χ1v) is 5.72. The van der Waals surface area contributed by atoms with Crippen LogP contribution in [0.4, 0.5) is 0 Å². The first-order chi connectivity index (χ1) is 6.52. The van der Waals surface area contributed by atoms with Crippen LogP contribution in [0.15, 0.2) is 24.3 Å². The summed E-state index contributed by atoms with van der Waals surface area (Å²) >= 11 is 2.19. The number of rotatable bonds is 3. The molecule has 2 nitrogen and oxygen atoms in total. The van der Waals surface area contributed by atoms with Gasteiger partial charge in [-0.25, -0.2) is 0 Å². The second kappa shape index (κ2) is 5.09. The number of benzene rings is 1. The minimum atomic E-state index is -0.787.